The molecule has 0 saturated carbocycles. The summed E-state index contributed by atoms with van der Waals surface area (Å²) in [7, 11) is 3.32. The lowest BCUT2D eigenvalue weighted by molar-refractivity contribution is 0.102. The predicted octanol–water partition coefficient (Wildman–Crippen LogP) is 4.34. The Kier molecular flexibility index (Phi) is 3.73. The number of hydrogen-bond acceptors (Lipinski definition) is 4. The van der Waals surface area contributed by atoms with E-state index in [0.29, 0.717) is 27.2 Å². The van der Waals surface area contributed by atoms with Crippen LogP contribution >= 0.6 is 15.9 Å². The molecule has 0 spiro atoms. The second kappa shape index (κ2) is 5.93. The third-order valence-electron chi connectivity index (χ3n) is 3.95. The molecule has 0 aliphatic heterocycles. The van der Waals surface area contributed by atoms with Crippen LogP contribution in [0.5, 0.6) is 5.75 Å². The van der Waals surface area contributed by atoms with Gasteiger partial charge in [-0.05, 0) is 28.1 Å². The van der Waals surface area contributed by atoms with Crippen molar-refractivity contribution in [1.29, 1.82) is 0 Å². The van der Waals surface area contributed by atoms with Gasteiger partial charge in [0, 0.05) is 30.1 Å². The first kappa shape index (κ1) is 15.7. The molecule has 126 valence electrons. The number of carbonyl (C=O) groups is 1. The van der Waals surface area contributed by atoms with E-state index in [0.717, 1.165) is 16.4 Å². The van der Waals surface area contributed by atoms with Gasteiger partial charge in [0.15, 0.2) is 5.69 Å². The second-order valence-electron chi connectivity index (χ2n) is 5.60. The number of carbonyl (C=O) groups excluding carboxylic acids is 1. The van der Waals surface area contributed by atoms with E-state index < -0.39 is 0 Å². The Balaban J connectivity index is 1.79. The lowest BCUT2D eigenvalue weighted by Gasteiger charge is -2.09. The van der Waals surface area contributed by atoms with E-state index in [4.69, 9.17) is 9.15 Å². The average molecular weight is 400 g/mol. The summed E-state index contributed by atoms with van der Waals surface area (Å²) in [4.78, 5) is 12.5. The molecule has 2 aromatic carbocycles. The summed E-state index contributed by atoms with van der Waals surface area (Å²) in [5.41, 5.74) is 2.29. The number of aromatic nitrogens is 2. The minimum absolute atomic E-state index is 0.300. The quantitative estimate of drug-likeness (QED) is 0.556. The standard InChI is InChI=1S/C18H14BrN3O3/c1-22-9-12(19)17(21-22)18(23)20-13-8-15-11(7-16(13)24-2)10-5-3-4-6-14(10)25-15/h3-9H,1-2H3,(H,20,23). The average Bonchev–Trinajstić information content (AvgIpc) is 3.12. The van der Waals surface area contributed by atoms with Crippen LogP contribution < -0.4 is 10.1 Å². The molecule has 4 rings (SSSR count). The largest absolute Gasteiger partial charge is 0.495 e. The summed E-state index contributed by atoms with van der Waals surface area (Å²) in [6.45, 7) is 0. The van der Waals surface area contributed by atoms with Gasteiger partial charge in [-0.2, -0.15) is 5.10 Å². The third kappa shape index (κ3) is 2.66. The minimum Gasteiger partial charge on any atom is -0.495 e. The van der Waals surface area contributed by atoms with Gasteiger partial charge in [-0.25, -0.2) is 0 Å². The fourth-order valence-corrected chi connectivity index (χ4v) is 3.37. The molecule has 0 unspecified atom stereocenters. The topological polar surface area (TPSA) is 69.3 Å². The van der Waals surface area contributed by atoms with Gasteiger partial charge in [-0.15, -0.1) is 0 Å². The Labute approximate surface area is 151 Å². The molecule has 7 heteroatoms. The van der Waals surface area contributed by atoms with E-state index in [1.807, 2.05) is 30.3 Å². The molecule has 0 fully saturated rings. The van der Waals surface area contributed by atoms with Crippen LogP contribution in [0.1, 0.15) is 10.5 Å². The molecule has 25 heavy (non-hydrogen) atoms. The van der Waals surface area contributed by atoms with Gasteiger partial charge >= 0.3 is 0 Å². The maximum atomic E-state index is 12.5. The van der Waals surface area contributed by atoms with E-state index in [1.165, 1.54) is 0 Å². The highest BCUT2D eigenvalue weighted by Gasteiger charge is 2.18. The second-order valence-corrected chi connectivity index (χ2v) is 6.45. The number of halogens is 1. The summed E-state index contributed by atoms with van der Waals surface area (Å²) in [6, 6.07) is 11.4. The minimum atomic E-state index is -0.332. The first-order valence-electron chi connectivity index (χ1n) is 7.56. The number of furan rings is 1. The van der Waals surface area contributed by atoms with Gasteiger partial charge in [-0.3, -0.25) is 9.48 Å². The molecule has 1 amide bonds. The molecule has 0 aliphatic rings. The zero-order valence-corrected chi connectivity index (χ0v) is 15.1. The summed E-state index contributed by atoms with van der Waals surface area (Å²) in [6.07, 6.45) is 1.72. The Morgan fingerprint density at radius 3 is 2.76 bits per heavy atom. The van der Waals surface area contributed by atoms with Gasteiger partial charge in [0.1, 0.15) is 16.9 Å². The molecular weight excluding hydrogens is 386 g/mol. The highest BCUT2D eigenvalue weighted by Crippen LogP contribution is 2.36. The van der Waals surface area contributed by atoms with Crippen LogP contribution in [0.4, 0.5) is 5.69 Å². The summed E-state index contributed by atoms with van der Waals surface area (Å²) < 4.78 is 13.5. The van der Waals surface area contributed by atoms with Crippen molar-refractivity contribution in [3.8, 4) is 5.75 Å². The predicted molar refractivity (Wildman–Crippen MR) is 99.1 cm³/mol. The fraction of sp³-hybridized carbons (Fsp3) is 0.111. The number of hydrogen-bond donors (Lipinski definition) is 1. The van der Waals surface area contributed by atoms with Crippen LogP contribution in [0, 0.1) is 0 Å². The zero-order chi connectivity index (χ0) is 17.6. The van der Waals surface area contributed by atoms with Crippen LogP contribution in [0.25, 0.3) is 21.9 Å². The number of ether oxygens (including phenoxy) is 1. The number of benzene rings is 2. The number of anilines is 1. The first-order chi connectivity index (χ1) is 12.1. The maximum Gasteiger partial charge on any atom is 0.277 e. The highest BCUT2D eigenvalue weighted by molar-refractivity contribution is 9.10. The molecule has 6 nitrogen and oxygen atoms in total. The molecule has 2 heterocycles. The van der Waals surface area contributed by atoms with Crippen molar-refractivity contribution in [1.82, 2.24) is 9.78 Å². The molecule has 2 aromatic heterocycles. The maximum absolute atomic E-state index is 12.5. The lowest BCUT2D eigenvalue weighted by atomic mass is 10.1. The molecular formula is C18H14BrN3O3. The number of amides is 1. The van der Waals surface area contributed by atoms with Crippen LogP contribution in [-0.4, -0.2) is 22.8 Å². The number of aryl methyl sites for hydroxylation is 1. The summed E-state index contributed by atoms with van der Waals surface area (Å²) in [5.74, 6) is 0.223. The number of para-hydroxylation sites is 1. The van der Waals surface area contributed by atoms with E-state index in [2.05, 4.69) is 26.3 Å². The SMILES string of the molecule is COc1cc2c(cc1NC(=O)c1nn(C)cc1Br)oc1ccccc12. The van der Waals surface area contributed by atoms with Crippen LogP contribution in [0.3, 0.4) is 0 Å². The third-order valence-corrected chi connectivity index (χ3v) is 4.53. The first-order valence-corrected chi connectivity index (χ1v) is 8.36. The van der Waals surface area contributed by atoms with E-state index in [1.54, 1.807) is 31.1 Å². The van der Waals surface area contributed by atoms with Crippen LogP contribution in [-0.2, 0) is 7.05 Å². The van der Waals surface area contributed by atoms with E-state index in [-0.39, 0.29) is 5.91 Å². The Bertz CT molecular complexity index is 1110. The Morgan fingerprint density at radius 2 is 2.04 bits per heavy atom. The van der Waals surface area contributed by atoms with Crippen molar-refractivity contribution >= 4 is 49.5 Å². The van der Waals surface area contributed by atoms with Gasteiger partial charge < -0.3 is 14.5 Å². The van der Waals surface area contributed by atoms with Crippen LogP contribution in [0.2, 0.25) is 0 Å². The van der Waals surface area contributed by atoms with Crippen molar-refractivity contribution in [2.24, 2.45) is 7.05 Å². The van der Waals surface area contributed by atoms with Gasteiger partial charge in [0.2, 0.25) is 0 Å². The van der Waals surface area contributed by atoms with Crippen molar-refractivity contribution in [3.05, 3.63) is 52.8 Å². The lowest BCUT2D eigenvalue weighted by Crippen LogP contribution is -2.14. The monoisotopic (exact) mass is 399 g/mol. The Hall–Kier alpha value is -2.80. The number of rotatable bonds is 3. The molecule has 1 N–H and O–H groups in total. The van der Waals surface area contributed by atoms with Crippen molar-refractivity contribution < 1.29 is 13.9 Å². The number of methoxy groups -OCH3 is 1. The number of fused-ring (bicyclic) bond motifs is 3. The molecule has 0 saturated heterocycles. The van der Waals surface area contributed by atoms with Crippen molar-refractivity contribution in [2.75, 3.05) is 12.4 Å². The highest BCUT2D eigenvalue weighted by atomic mass is 79.9. The zero-order valence-electron chi connectivity index (χ0n) is 13.5. The molecule has 0 radical (unpaired) electrons. The molecule has 0 aliphatic carbocycles. The molecule has 0 bridgehead atoms. The van der Waals surface area contributed by atoms with Crippen molar-refractivity contribution in [3.63, 3.8) is 0 Å². The van der Waals surface area contributed by atoms with E-state index >= 15 is 0 Å². The molecule has 0 atom stereocenters. The molecule has 4 aromatic rings. The van der Waals surface area contributed by atoms with Crippen molar-refractivity contribution in [2.45, 2.75) is 0 Å². The number of nitrogens with one attached hydrogen (secondary N) is 1. The smallest absolute Gasteiger partial charge is 0.277 e. The van der Waals surface area contributed by atoms with Crippen LogP contribution in [0.15, 0.2) is 51.5 Å². The summed E-state index contributed by atoms with van der Waals surface area (Å²) >= 11 is 3.34. The number of nitrogens with zero attached hydrogens (tertiary/aromatic N) is 2. The van der Waals surface area contributed by atoms with E-state index in [9.17, 15) is 4.79 Å². The summed E-state index contributed by atoms with van der Waals surface area (Å²) in [5, 5.41) is 8.93. The van der Waals surface area contributed by atoms with Gasteiger partial charge in [-0.1, -0.05) is 18.2 Å². The normalized spacial score (nSPS) is 11.2. The Morgan fingerprint density at radius 1 is 1.24 bits per heavy atom. The van der Waals surface area contributed by atoms with Gasteiger partial charge in [0.25, 0.3) is 5.91 Å². The van der Waals surface area contributed by atoms with Gasteiger partial charge in [0.05, 0.1) is 17.3 Å². The fourth-order valence-electron chi connectivity index (χ4n) is 2.81.